The standard InChI is InChI=1S/C22H21F2N5O3S/c1-2-29-19(12-15(13-25)21(31)32)33-16(20(29)30)8-9-26-18-7-5-6-17(27-18)22(23,24)14-28-10-3-4-11-28/h5-7,9H,2-4,10-11,14H2,1H3,(H,26,27)(H,31,32). The monoisotopic (exact) mass is 473 g/mol. The van der Waals surface area contributed by atoms with E-state index < -0.39 is 23.0 Å². The summed E-state index contributed by atoms with van der Waals surface area (Å²) in [6, 6.07) is 5.78. The number of nitriles is 1. The number of nitrogens with one attached hydrogen (secondary N) is 1. The molecule has 11 heteroatoms. The first-order valence-corrected chi connectivity index (χ1v) is 11.0. The summed E-state index contributed by atoms with van der Waals surface area (Å²) in [5, 5.41) is 20.7. The quantitative estimate of drug-likeness (QED) is 0.462. The zero-order chi connectivity index (χ0) is 24.0. The summed E-state index contributed by atoms with van der Waals surface area (Å²) >= 11 is 0.908. The molecule has 1 aliphatic heterocycles. The van der Waals surface area contributed by atoms with Crippen molar-refractivity contribution in [3.05, 3.63) is 55.2 Å². The number of hydrogen-bond donors (Lipinski definition) is 2. The van der Waals surface area contributed by atoms with Crippen molar-refractivity contribution in [2.75, 3.05) is 25.0 Å². The van der Waals surface area contributed by atoms with Crippen LogP contribution in [0, 0.1) is 11.3 Å². The van der Waals surface area contributed by atoms with Gasteiger partial charge in [-0.05, 0) is 45.0 Å². The van der Waals surface area contributed by atoms with Crippen molar-refractivity contribution in [1.29, 1.82) is 5.26 Å². The SMILES string of the molecule is CCn1c(=C=C(C#N)C(=O)O)sc(=C=CNc2cccc(C(F)(F)CN3CCCC3)n2)c1=O. The van der Waals surface area contributed by atoms with Gasteiger partial charge in [-0.25, -0.2) is 9.78 Å². The van der Waals surface area contributed by atoms with E-state index in [4.69, 9.17) is 10.4 Å². The molecule has 0 spiro atoms. The Morgan fingerprint density at radius 2 is 2.12 bits per heavy atom. The van der Waals surface area contributed by atoms with Gasteiger partial charge in [-0.15, -0.1) is 0 Å². The highest BCUT2D eigenvalue weighted by atomic mass is 32.1. The number of likely N-dealkylation sites (tertiary alicyclic amines) is 1. The molecule has 0 saturated carbocycles. The summed E-state index contributed by atoms with van der Waals surface area (Å²) in [7, 11) is 0. The lowest BCUT2D eigenvalue weighted by atomic mass is 10.2. The van der Waals surface area contributed by atoms with Gasteiger partial charge < -0.3 is 10.4 Å². The van der Waals surface area contributed by atoms with Gasteiger partial charge >= 0.3 is 11.9 Å². The highest BCUT2D eigenvalue weighted by molar-refractivity contribution is 7.07. The number of aromatic nitrogens is 2. The number of halogens is 2. The maximum absolute atomic E-state index is 14.6. The van der Waals surface area contributed by atoms with Crippen LogP contribution in [-0.2, 0) is 17.3 Å². The molecule has 0 radical (unpaired) electrons. The lowest BCUT2D eigenvalue weighted by Gasteiger charge is -2.22. The minimum absolute atomic E-state index is 0.130. The van der Waals surface area contributed by atoms with E-state index in [0.717, 1.165) is 24.2 Å². The number of aliphatic carboxylic acids is 1. The smallest absolute Gasteiger partial charge is 0.354 e. The molecule has 1 fully saturated rings. The molecule has 0 atom stereocenters. The molecule has 8 nitrogen and oxygen atoms in total. The van der Waals surface area contributed by atoms with Crippen LogP contribution in [0.15, 0.2) is 34.8 Å². The van der Waals surface area contributed by atoms with Crippen LogP contribution >= 0.6 is 11.3 Å². The molecule has 2 N–H and O–H groups in total. The molecule has 0 aromatic carbocycles. The van der Waals surface area contributed by atoms with Crippen molar-refractivity contribution < 1.29 is 18.7 Å². The Bertz CT molecular complexity index is 1340. The molecular formula is C22H21F2N5O3S. The first-order valence-electron chi connectivity index (χ1n) is 10.2. The van der Waals surface area contributed by atoms with Gasteiger partial charge in [-0.2, -0.15) is 14.0 Å². The average molecular weight is 474 g/mol. The van der Waals surface area contributed by atoms with Crippen molar-refractivity contribution in [3.63, 3.8) is 0 Å². The van der Waals surface area contributed by atoms with Gasteiger partial charge in [0.25, 0.3) is 5.56 Å². The van der Waals surface area contributed by atoms with Gasteiger partial charge in [0.05, 0.1) is 6.54 Å². The highest BCUT2D eigenvalue weighted by Gasteiger charge is 2.36. The van der Waals surface area contributed by atoms with Crippen LogP contribution in [0.1, 0.15) is 25.5 Å². The van der Waals surface area contributed by atoms with E-state index in [1.165, 1.54) is 35.0 Å². The molecule has 1 saturated heterocycles. The molecule has 3 rings (SSSR count). The second kappa shape index (κ2) is 10.4. The van der Waals surface area contributed by atoms with E-state index in [9.17, 15) is 18.4 Å². The van der Waals surface area contributed by atoms with Crippen molar-refractivity contribution in [3.8, 4) is 6.07 Å². The summed E-state index contributed by atoms with van der Waals surface area (Å²) < 4.78 is 30.8. The van der Waals surface area contributed by atoms with Crippen LogP contribution in [-0.4, -0.2) is 45.2 Å². The van der Waals surface area contributed by atoms with E-state index in [0.29, 0.717) is 13.1 Å². The fourth-order valence-electron chi connectivity index (χ4n) is 3.31. The number of carbonyl (C=O) groups is 1. The van der Waals surface area contributed by atoms with Crippen LogP contribution in [0.4, 0.5) is 14.6 Å². The Morgan fingerprint density at radius 1 is 1.39 bits per heavy atom. The van der Waals surface area contributed by atoms with Crippen molar-refractivity contribution in [2.45, 2.75) is 32.2 Å². The number of alkyl halides is 2. The minimum atomic E-state index is -3.10. The first kappa shape index (κ1) is 24.1. The Morgan fingerprint density at radius 3 is 2.76 bits per heavy atom. The minimum Gasteiger partial charge on any atom is -0.477 e. The molecule has 0 unspecified atom stereocenters. The zero-order valence-corrected chi connectivity index (χ0v) is 18.6. The Kier molecular flexibility index (Phi) is 7.59. The van der Waals surface area contributed by atoms with Crippen molar-refractivity contribution in [2.24, 2.45) is 0 Å². The zero-order valence-electron chi connectivity index (χ0n) is 17.8. The van der Waals surface area contributed by atoms with E-state index in [2.05, 4.69) is 21.8 Å². The number of carboxylic acid groups (broad SMARTS) is 1. The molecule has 1 aliphatic rings. The van der Waals surface area contributed by atoms with Gasteiger partial charge in [-0.3, -0.25) is 14.3 Å². The lowest BCUT2D eigenvalue weighted by Crippen LogP contribution is -2.34. The van der Waals surface area contributed by atoms with E-state index in [-0.39, 0.29) is 33.8 Å². The molecule has 0 bridgehead atoms. The number of rotatable bonds is 7. The summed E-state index contributed by atoms with van der Waals surface area (Å²) in [5.41, 5.74) is 3.75. The first-order chi connectivity index (χ1) is 15.7. The number of hydrogen-bond acceptors (Lipinski definition) is 7. The predicted molar refractivity (Wildman–Crippen MR) is 119 cm³/mol. The maximum atomic E-state index is 14.6. The van der Waals surface area contributed by atoms with Crippen molar-refractivity contribution in [1.82, 2.24) is 14.5 Å². The summed E-state index contributed by atoms with van der Waals surface area (Å²) in [6.07, 6.45) is 3.10. The highest BCUT2D eigenvalue weighted by Crippen LogP contribution is 2.29. The third-order valence-electron chi connectivity index (χ3n) is 4.93. The third kappa shape index (κ3) is 5.83. The fraction of sp³-hybridized carbons (Fsp3) is 0.364. The number of nitrogens with zero attached hydrogens (tertiary/aromatic N) is 4. The number of thiazole rings is 1. The van der Waals surface area contributed by atoms with Gasteiger partial charge in [0.15, 0.2) is 5.57 Å². The molecule has 2 aromatic rings. The molecule has 2 aromatic heterocycles. The molecule has 172 valence electrons. The fourth-order valence-corrected chi connectivity index (χ4v) is 4.30. The van der Waals surface area contributed by atoms with Crippen LogP contribution < -0.4 is 20.1 Å². The molecule has 0 aliphatic carbocycles. The molecule has 0 amide bonds. The number of pyridine rings is 1. The molecule has 3 heterocycles. The normalized spacial score (nSPS) is 13.6. The van der Waals surface area contributed by atoms with E-state index >= 15 is 0 Å². The average Bonchev–Trinajstić information content (AvgIpc) is 3.39. The summed E-state index contributed by atoms with van der Waals surface area (Å²) in [6.45, 7) is 2.85. The van der Waals surface area contributed by atoms with Crippen LogP contribution in [0.3, 0.4) is 0 Å². The van der Waals surface area contributed by atoms with Crippen LogP contribution in [0.25, 0.3) is 11.5 Å². The van der Waals surface area contributed by atoms with Gasteiger partial charge in [0.2, 0.25) is 0 Å². The molecule has 33 heavy (non-hydrogen) atoms. The summed E-state index contributed by atoms with van der Waals surface area (Å²) in [4.78, 5) is 29.3. The largest absolute Gasteiger partial charge is 0.477 e. The Labute approximate surface area is 191 Å². The maximum Gasteiger partial charge on any atom is 0.354 e. The predicted octanol–water partition coefficient (Wildman–Crippen LogP) is 1.43. The van der Waals surface area contributed by atoms with Crippen LogP contribution in [0.2, 0.25) is 0 Å². The summed E-state index contributed by atoms with van der Waals surface area (Å²) in [5.74, 6) is -4.38. The van der Waals surface area contributed by atoms with E-state index in [1.807, 2.05) is 0 Å². The Balaban J connectivity index is 1.91. The second-order valence-corrected chi connectivity index (χ2v) is 8.23. The second-order valence-electron chi connectivity index (χ2n) is 7.23. The number of carboxylic acids is 1. The Hall–Kier alpha value is -3.54. The van der Waals surface area contributed by atoms with Gasteiger partial charge in [0, 0.05) is 12.7 Å². The topological polar surface area (TPSA) is 111 Å². The lowest BCUT2D eigenvalue weighted by molar-refractivity contribution is -0.132. The van der Waals surface area contributed by atoms with Gasteiger partial charge in [-0.1, -0.05) is 28.9 Å². The van der Waals surface area contributed by atoms with Crippen LogP contribution in [0.5, 0.6) is 0 Å². The van der Waals surface area contributed by atoms with E-state index in [1.54, 1.807) is 11.8 Å². The molecular weight excluding hydrogens is 452 g/mol. The van der Waals surface area contributed by atoms with Crippen molar-refractivity contribution >= 4 is 34.6 Å². The van der Waals surface area contributed by atoms with Gasteiger partial charge in [0.1, 0.15) is 26.8 Å². The third-order valence-corrected chi connectivity index (χ3v) is 5.94. The number of anilines is 1.